The first-order valence-electron chi connectivity index (χ1n) is 9.98. The minimum Gasteiger partial charge on any atom is -0.484 e. The fourth-order valence-corrected chi connectivity index (χ4v) is 3.27. The van der Waals surface area contributed by atoms with Crippen LogP contribution >= 0.6 is 0 Å². The Balaban J connectivity index is 1.28. The molecule has 0 spiro atoms. The van der Waals surface area contributed by atoms with Gasteiger partial charge < -0.3 is 14.5 Å². The van der Waals surface area contributed by atoms with Gasteiger partial charge in [-0.25, -0.2) is 0 Å². The number of piperazine rings is 1. The van der Waals surface area contributed by atoms with E-state index in [4.69, 9.17) is 10.00 Å². The van der Waals surface area contributed by atoms with Gasteiger partial charge in [0.05, 0.1) is 50.8 Å². The average Bonchev–Trinajstić information content (AvgIpc) is 2.81. The van der Waals surface area contributed by atoms with Crippen LogP contribution in [-0.4, -0.2) is 51.1 Å². The molecule has 0 bridgehead atoms. The van der Waals surface area contributed by atoms with Gasteiger partial charge in [-0.1, -0.05) is 18.2 Å². The molecule has 2 aromatic rings. The first kappa shape index (κ1) is 21.1. The van der Waals surface area contributed by atoms with Crippen LogP contribution in [-0.2, 0) is 9.59 Å². The molecule has 8 nitrogen and oxygen atoms in total. The van der Waals surface area contributed by atoms with Gasteiger partial charge in [0.15, 0.2) is 6.61 Å². The van der Waals surface area contributed by atoms with E-state index in [1.165, 1.54) is 10.6 Å². The van der Waals surface area contributed by atoms with Crippen LogP contribution in [0.5, 0.6) is 5.75 Å². The Bertz CT molecular complexity index is 872. The summed E-state index contributed by atoms with van der Waals surface area (Å²) in [5.74, 6) is -0.190. The molecule has 1 saturated heterocycles. The number of rotatable bonds is 7. The van der Waals surface area contributed by atoms with Crippen LogP contribution in [0, 0.1) is 11.3 Å². The fourth-order valence-electron chi connectivity index (χ4n) is 3.27. The highest BCUT2D eigenvalue weighted by atomic mass is 16.5. The smallest absolute Gasteiger partial charge is 0.276 e. The van der Waals surface area contributed by atoms with E-state index in [1.54, 1.807) is 24.3 Å². The molecule has 1 aliphatic rings. The summed E-state index contributed by atoms with van der Waals surface area (Å²) >= 11 is 0. The summed E-state index contributed by atoms with van der Waals surface area (Å²) in [6.07, 6.45) is 0.345. The number of nitriles is 1. The number of quaternary nitrogens is 1. The molecule has 30 heavy (non-hydrogen) atoms. The summed E-state index contributed by atoms with van der Waals surface area (Å²) in [4.78, 5) is 27.5. The van der Waals surface area contributed by atoms with E-state index in [-0.39, 0.29) is 12.5 Å². The van der Waals surface area contributed by atoms with Crippen LogP contribution in [0.1, 0.15) is 12.0 Å². The van der Waals surface area contributed by atoms with Crippen LogP contribution in [0.4, 0.5) is 5.69 Å². The first-order chi connectivity index (χ1) is 14.6. The molecule has 0 atom stereocenters. The molecule has 2 aromatic carbocycles. The third kappa shape index (κ3) is 6.50. The van der Waals surface area contributed by atoms with Crippen molar-refractivity contribution in [2.75, 3.05) is 44.2 Å². The summed E-state index contributed by atoms with van der Waals surface area (Å²) in [7, 11) is 0. The van der Waals surface area contributed by atoms with Crippen LogP contribution in [0.25, 0.3) is 0 Å². The standard InChI is InChI=1S/C22H25N5O3/c23-16-18-6-8-20(9-7-18)30-17-22(29)25-24-21(28)10-11-26-12-14-27(15-13-26)19-4-2-1-3-5-19/h1-9H,10-15,17H2,(H,24,28)(H,25,29)/p+1. The number of nitrogens with zero attached hydrogens (tertiary/aromatic N) is 2. The number of nitrogens with one attached hydrogen (secondary N) is 3. The lowest BCUT2D eigenvalue weighted by molar-refractivity contribution is -0.900. The van der Waals surface area contributed by atoms with Crippen molar-refractivity contribution in [1.29, 1.82) is 5.26 Å². The molecule has 2 amide bonds. The lowest BCUT2D eigenvalue weighted by Gasteiger charge is -2.33. The van der Waals surface area contributed by atoms with Crippen molar-refractivity contribution in [3.63, 3.8) is 0 Å². The Labute approximate surface area is 176 Å². The van der Waals surface area contributed by atoms with Gasteiger partial charge in [0.1, 0.15) is 5.75 Å². The highest BCUT2D eigenvalue weighted by molar-refractivity contribution is 5.82. The highest BCUT2D eigenvalue weighted by Crippen LogP contribution is 2.12. The molecule has 1 fully saturated rings. The number of para-hydroxylation sites is 1. The second kappa shape index (κ2) is 10.8. The van der Waals surface area contributed by atoms with Gasteiger partial charge in [0.2, 0.25) is 5.91 Å². The number of amides is 2. The van der Waals surface area contributed by atoms with E-state index in [2.05, 4.69) is 27.9 Å². The summed E-state index contributed by atoms with van der Waals surface area (Å²) < 4.78 is 5.32. The SMILES string of the molecule is N#Cc1ccc(OCC(=O)NNC(=O)CC[NH+]2CCN(c3ccccc3)CC2)cc1. The molecule has 0 radical (unpaired) electrons. The molecule has 0 aromatic heterocycles. The molecule has 0 unspecified atom stereocenters. The Morgan fingerprint density at radius 3 is 2.33 bits per heavy atom. The molecular formula is C22H26N5O3+. The van der Waals surface area contributed by atoms with E-state index in [1.807, 2.05) is 24.3 Å². The van der Waals surface area contributed by atoms with Crippen molar-refractivity contribution >= 4 is 17.5 Å². The Morgan fingerprint density at radius 1 is 1.00 bits per heavy atom. The van der Waals surface area contributed by atoms with E-state index in [9.17, 15) is 9.59 Å². The van der Waals surface area contributed by atoms with E-state index >= 15 is 0 Å². The predicted octanol–water partition coefficient (Wildman–Crippen LogP) is -0.120. The van der Waals surface area contributed by atoms with Gasteiger partial charge in [-0.05, 0) is 36.4 Å². The normalized spacial score (nSPS) is 13.9. The number of ether oxygens (including phenoxy) is 1. The Morgan fingerprint density at radius 2 is 1.67 bits per heavy atom. The van der Waals surface area contributed by atoms with Gasteiger partial charge >= 0.3 is 0 Å². The molecule has 0 saturated carbocycles. The third-order valence-electron chi connectivity index (χ3n) is 4.99. The van der Waals surface area contributed by atoms with Crippen LogP contribution in [0.15, 0.2) is 54.6 Å². The number of hydrazine groups is 1. The van der Waals surface area contributed by atoms with Gasteiger partial charge in [0, 0.05) is 5.69 Å². The largest absolute Gasteiger partial charge is 0.484 e. The molecule has 1 heterocycles. The van der Waals surface area contributed by atoms with Crippen molar-refractivity contribution in [1.82, 2.24) is 10.9 Å². The zero-order valence-electron chi connectivity index (χ0n) is 16.8. The minimum absolute atomic E-state index is 0.222. The lowest BCUT2D eigenvalue weighted by atomic mass is 10.2. The number of hydrogen-bond acceptors (Lipinski definition) is 5. The van der Waals surface area contributed by atoms with Crippen molar-refractivity contribution in [3.05, 3.63) is 60.2 Å². The maximum atomic E-state index is 12.0. The molecule has 3 N–H and O–H groups in total. The molecule has 156 valence electrons. The summed E-state index contributed by atoms with van der Waals surface area (Å²) in [6, 6.07) is 18.8. The molecule has 1 aliphatic heterocycles. The summed E-state index contributed by atoms with van der Waals surface area (Å²) in [5.41, 5.74) is 6.54. The number of carbonyl (C=O) groups is 2. The van der Waals surface area contributed by atoms with Gasteiger partial charge in [-0.2, -0.15) is 5.26 Å². The van der Waals surface area contributed by atoms with Crippen molar-refractivity contribution in [3.8, 4) is 11.8 Å². The van der Waals surface area contributed by atoms with E-state index < -0.39 is 5.91 Å². The Hall–Kier alpha value is -3.57. The maximum Gasteiger partial charge on any atom is 0.276 e. The van der Waals surface area contributed by atoms with E-state index in [0.29, 0.717) is 17.7 Å². The van der Waals surface area contributed by atoms with Crippen molar-refractivity contribution < 1.29 is 19.2 Å². The highest BCUT2D eigenvalue weighted by Gasteiger charge is 2.20. The van der Waals surface area contributed by atoms with Crippen molar-refractivity contribution in [2.24, 2.45) is 0 Å². The lowest BCUT2D eigenvalue weighted by Crippen LogP contribution is -3.15. The van der Waals surface area contributed by atoms with Crippen molar-refractivity contribution in [2.45, 2.75) is 6.42 Å². The topological polar surface area (TPSA) is 98.9 Å². The fraction of sp³-hybridized carbons (Fsp3) is 0.318. The van der Waals surface area contributed by atoms with Crippen LogP contribution < -0.4 is 25.4 Å². The second-order valence-electron chi connectivity index (χ2n) is 7.09. The van der Waals surface area contributed by atoms with Gasteiger partial charge in [-0.15, -0.1) is 0 Å². The quantitative estimate of drug-likeness (QED) is 0.555. The Kier molecular flexibility index (Phi) is 7.64. The molecular weight excluding hydrogens is 382 g/mol. The number of benzene rings is 2. The average molecular weight is 408 g/mol. The molecule has 8 heteroatoms. The summed E-state index contributed by atoms with van der Waals surface area (Å²) in [6.45, 7) is 4.39. The van der Waals surface area contributed by atoms with Gasteiger partial charge in [-0.3, -0.25) is 20.4 Å². The maximum absolute atomic E-state index is 12.0. The van der Waals surface area contributed by atoms with Crippen LogP contribution in [0.2, 0.25) is 0 Å². The number of anilines is 1. The third-order valence-corrected chi connectivity index (χ3v) is 4.99. The second-order valence-corrected chi connectivity index (χ2v) is 7.09. The van der Waals surface area contributed by atoms with Crippen LogP contribution in [0.3, 0.4) is 0 Å². The number of hydrogen-bond donors (Lipinski definition) is 3. The predicted molar refractivity (Wildman–Crippen MR) is 112 cm³/mol. The molecule has 0 aliphatic carbocycles. The monoisotopic (exact) mass is 408 g/mol. The number of carbonyl (C=O) groups excluding carboxylic acids is 2. The van der Waals surface area contributed by atoms with E-state index in [0.717, 1.165) is 32.7 Å². The molecule has 3 rings (SSSR count). The summed E-state index contributed by atoms with van der Waals surface area (Å²) in [5, 5.41) is 8.76. The minimum atomic E-state index is -0.448. The van der Waals surface area contributed by atoms with Gasteiger partial charge in [0.25, 0.3) is 5.91 Å². The first-order valence-corrected chi connectivity index (χ1v) is 9.98. The zero-order valence-corrected chi connectivity index (χ0v) is 16.8. The zero-order chi connectivity index (χ0) is 21.2.